The van der Waals surface area contributed by atoms with Gasteiger partial charge in [0.05, 0.1) is 5.69 Å². The van der Waals surface area contributed by atoms with Gasteiger partial charge in [0.25, 0.3) is 0 Å². The molecule has 0 unspecified atom stereocenters. The van der Waals surface area contributed by atoms with E-state index in [0.29, 0.717) is 22.9 Å². The van der Waals surface area contributed by atoms with Crippen LogP contribution in [0.1, 0.15) is 0 Å². The van der Waals surface area contributed by atoms with Crippen molar-refractivity contribution in [2.45, 2.75) is 0 Å². The van der Waals surface area contributed by atoms with Crippen LogP contribution in [0.4, 0.5) is 11.4 Å². The van der Waals surface area contributed by atoms with Crippen LogP contribution in [0, 0.1) is 0 Å². The predicted octanol–water partition coefficient (Wildman–Crippen LogP) is 3.41. The van der Waals surface area contributed by atoms with E-state index in [-0.39, 0.29) is 0 Å². The van der Waals surface area contributed by atoms with Crippen LogP contribution in [-0.2, 0) is 9.59 Å². The maximum Gasteiger partial charge on any atom is 0.240 e. The third-order valence-electron chi connectivity index (χ3n) is 2.25. The number of aliphatic imine (C=N–C) groups is 2. The van der Waals surface area contributed by atoms with Crippen LogP contribution in [0.25, 0.3) is 0 Å². The highest BCUT2D eigenvalue weighted by Gasteiger charge is 2.03. The smallest absolute Gasteiger partial charge is 0.240 e. The lowest BCUT2D eigenvalue weighted by molar-refractivity contribution is 0.484. The Labute approximate surface area is 108 Å². The summed E-state index contributed by atoms with van der Waals surface area (Å²) < 4.78 is 5.59. The summed E-state index contributed by atoms with van der Waals surface area (Å²) in [5.74, 6) is 0.892. The molecule has 92 valence electrons. The van der Waals surface area contributed by atoms with Gasteiger partial charge in [0, 0.05) is 6.07 Å². The predicted molar refractivity (Wildman–Crippen MR) is 68.5 cm³/mol. The fourth-order valence-corrected chi connectivity index (χ4v) is 1.48. The molecule has 0 aliphatic rings. The molecule has 0 bridgehead atoms. The topological polar surface area (TPSA) is 68.1 Å². The van der Waals surface area contributed by atoms with E-state index in [1.165, 1.54) is 12.2 Å². The van der Waals surface area contributed by atoms with Crippen LogP contribution in [0.5, 0.6) is 11.5 Å². The molecule has 0 aromatic heterocycles. The molecule has 0 saturated carbocycles. The van der Waals surface area contributed by atoms with Crippen molar-refractivity contribution in [3.63, 3.8) is 0 Å². The Balaban J connectivity index is 2.33. The molecule has 0 atom stereocenters. The molecule has 19 heavy (non-hydrogen) atoms. The van der Waals surface area contributed by atoms with Crippen molar-refractivity contribution in [2.24, 2.45) is 9.98 Å². The molecule has 2 aromatic carbocycles. The lowest BCUT2D eigenvalue weighted by Gasteiger charge is -2.07. The number of rotatable bonds is 4. The van der Waals surface area contributed by atoms with Gasteiger partial charge in [-0.3, -0.25) is 0 Å². The number of hydrogen-bond donors (Lipinski definition) is 0. The quantitative estimate of drug-likeness (QED) is 0.618. The maximum atomic E-state index is 10.3. The summed E-state index contributed by atoms with van der Waals surface area (Å²) in [5, 5.41) is 0. The first kappa shape index (κ1) is 12.5. The van der Waals surface area contributed by atoms with E-state index < -0.39 is 0 Å². The molecule has 0 radical (unpaired) electrons. The molecule has 0 N–H and O–H groups in total. The molecular weight excluding hydrogens is 244 g/mol. The Hall–Kier alpha value is -3.00. The fraction of sp³-hybridized carbons (Fsp3) is 0. The van der Waals surface area contributed by atoms with E-state index >= 15 is 0 Å². The van der Waals surface area contributed by atoms with Crippen molar-refractivity contribution in [2.75, 3.05) is 0 Å². The number of carbonyl (C=O) groups excluding carboxylic acids is 2. The third kappa shape index (κ3) is 3.23. The van der Waals surface area contributed by atoms with Crippen LogP contribution >= 0.6 is 0 Å². The number of isocyanates is 2. The van der Waals surface area contributed by atoms with Gasteiger partial charge in [0.1, 0.15) is 11.4 Å². The van der Waals surface area contributed by atoms with Crippen LogP contribution in [0.2, 0.25) is 0 Å². The molecule has 0 aliphatic carbocycles. The number of ether oxygens (including phenoxy) is 1. The summed E-state index contributed by atoms with van der Waals surface area (Å²) in [7, 11) is 0. The summed E-state index contributed by atoms with van der Waals surface area (Å²) in [5.41, 5.74) is 0.811. The minimum absolute atomic E-state index is 0.377. The Morgan fingerprint density at radius 1 is 0.895 bits per heavy atom. The lowest BCUT2D eigenvalue weighted by atomic mass is 10.3. The second-order valence-corrected chi connectivity index (χ2v) is 3.47. The van der Waals surface area contributed by atoms with Gasteiger partial charge in [0.15, 0.2) is 5.75 Å². The molecule has 0 spiro atoms. The van der Waals surface area contributed by atoms with Crippen LogP contribution in [0.15, 0.2) is 58.5 Å². The molecule has 2 aromatic rings. The standard InChI is InChI=1S/C14H8N2O3/c17-9-15-11-4-3-5-12(8-11)19-14-7-2-1-6-13(14)16-10-18/h1-8H. The Kier molecular flexibility index (Phi) is 3.98. The fourth-order valence-electron chi connectivity index (χ4n) is 1.48. The lowest BCUT2D eigenvalue weighted by Crippen LogP contribution is -1.84. The van der Waals surface area contributed by atoms with E-state index in [2.05, 4.69) is 9.98 Å². The van der Waals surface area contributed by atoms with E-state index in [4.69, 9.17) is 4.74 Å². The van der Waals surface area contributed by atoms with Gasteiger partial charge in [-0.1, -0.05) is 18.2 Å². The van der Waals surface area contributed by atoms with Crippen molar-refractivity contribution in [1.29, 1.82) is 0 Å². The Morgan fingerprint density at radius 2 is 1.68 bits per heavy atom. The highest BCUT2D eigenvalue weighted by Crippen LogP contribution is 2.32. The molecule has 5 nitrogen and oxygen atoms in total. The van der Waals surface area contributed by atoms with Crippen molar-refractivity contribution in [3.8, 4) is 11.5 Å². The van der Waals surface area contributed by atoms with Crippen LogP contribution < -0.4 is 4.74 Å². The van der Waals surface area contributed by atoms with E-state index in [0.717, 1.165) is 0 Å². The van der Waals surface area contributed by atoms with E-state index in [1.54, 1.807) is 48.5 Å². The number of hydrogen-bond acceptors (Lipinski definition) is 5. The number of benzene rings is 2. The minimum Gasteiger partial charge on any atom is -0.455 e. The van der Waals surface area contributed by atoms with Crippen molar-refractivity contribution in [1.82, 2.24) is 0 Å². The van der Waals surface area contributed by atoms with E-state index in [1.807, 2.05) is 0 Å². The summed E-state index contributed by atoms with van der Waals surface area (Å²) in [4.78, 5) is 27.5. The highest BCUT2D eigenvalue weighted by atomic mass is 16.5. The first-order chi connectivity index (χ1) is 9.33. The Bertz CT molecular complexity index is 685. The summed E-state index contributed by atoms with van der Waals surface area (Å²) >= 11 is 0. The summed E-state index contributed by atoms with van der Waals surface area (Å²) in [6, 6.07) is 13.4. The zero-order chi connectivity index (χ0) is 13.5. The van der Waals surface area contributed by atoms with Gasteiger partial charge < -0.3 is 4.74 Å². The molecule has 0 amide bonds. The van der Waals surface area contributed by atoms with Crippen molar-refractivity contribution >= 4 is 23.5 Å². The van der Waals surface area contributed by atoms with Gasteiger partial charge in [-0.2, -0.15) is 9.98 Å². The van der Waals surface area contributed by atoms with Crippen molar-refractivity contribution in [3.05, 3.63) is 48.5 Å². The zero-order valence-electron chi connectivity index (χ0n) is 9.74. The molecule has 0 heterocycles. The highest BCUT2D eigenvalue weighted by molar-refractivity contribution is 5.59. The molecule has 5 heteroatoms. The first-order valence-electron chi connectivity index (χ1n) is 5.36. The normalized spacial score (nSPS) is 9.05. The minimum atomic E-state index is 0.377. The third-order valence-corrected chi connectivity index (χ3v) is 2.25. The van der Waals surface area contributed by atoms with Crippen LogP contribution in [0.3, 0.4) is 0 Å². The maximum absolute atomic E-state index is 10.3. The molecule has 0 aliphatic heterocycles. The summed E-state index contributed by atoms with van der Waals surface area (Å²) in [6.45, 7) is 0. The summed E-state index contributed by atoms with van der Waals surface area (Å²) in [6.07, 6.45) is 2.92. The Morgan fingerprint density at radius 3 is 2.47 bits per heavy atom. The van der Waals surface area contributed by atoms with Gasteiger partial charge in [-0.25, -0.2) is 9.59 Å². The van der Waals surface area contributed by atoms with Crippen LogP contribution in [-0.4, -0.2) is 12.2 Å². The number of para-hydroxylation sites is 2. The number of nitrogens with zero attached hydrogens (tertiary/aromatic N) is 2. The molecule has 2 rings (SSSR count). The first-order valence-corrected chi connectivity index (χ1v) is 5.36. The molecular formula is C14H8N2O3. The second kappa shape index (κ2) is 6.07. The monoisotopic (exact) mass is 252 g/mol. The van der Waals surface area contributed by atoms with E-state index in [9.17, 15) is 9.59 Å². The van der Waals surface area contributed by atoms with Gasteiger partial charge in [0.2, 0.25) is 12.2 Å². The second-order valence-electron chi connectivity index (χ2n) is 3.47. The molecule has 0 saturated heterocycles. The largest absolute Gasteiger partial charge is 0.455 e. The molecule has 0 fully saturated rings. The average molecular weight is 252 g/mol. The van der Waals surface area contributed by atoms with Gasteiger partial charge in [-0.15, -0.1) is 0 Å². The van der Waals surface area contributed by atoms with Crippen molar-refractivity contribution < 1.29 is 14.3 Å². The zero-order valence-corrected chi connectivity index (χ0v) is 9.74. The van der Waals surface area contributed by atoms with Gasteiger partial charge >= 0.3 is 0 Å². The van der Waals surface area contributed by atoms with Gasteiger partial charge in [-0.05, 0) is 24.3 Å². The SMILES string of the molecule is O=C=Nc1cccc(Oc2ccccc2N=C=O)c1. The average Bonchev–Trinajstić information content (AvgIpc) is 2.42.